The molecule has 106 valence electrons. The van der Waals surface area contributed by atoms with Gasteiger partial charge in [-0.05, 0) is 35.8 Å². The fraction of sp³-hybridized carbons (Fsp3) is 0.286. The molecule has 4 nitrogen and oxygen atoms in total. The minimum absolute atomic E-state index is 0.163. The van der Waals surface area contributed by atoms with Crippen molar-refractivity contribution in [2.75, 3.05) is 7.11 Å². The first-order valence-electron chi connectivity index (χ1n) is 6.20. The molecule has 1 aromatic rings. The fourth-order valence-corrected chi connectivity index (χ4v) is 3.00. The lowest BCUT2D eigenvalue weighted by Crippen LogP contribution is -2.17. The Bertz CT molecular complexity index is 596. The van der Waals surface area contributed by atoms with Crippen molar-refractivity contribution < 1.29 is 14.6 Å². The van der Waals surface area contributed by atoms with Gasteiger partial charge in [0.15, 0.2) is 11.5 Å². The van der Waals surface area contributed by atoms with Crippen LogP contribution in [0.3, 0.4) is 0 Å². The minimum Gasteiger partial charge on any atom is -0.504 e. The number of amides is 1. The van der Waals surface area contributed by atoms with Crippen LogP contribution in [0, 0.1) is 0 Å². The molecule has 0 saturated carbocycles. The summed E-state index contributed by atoms with van der Waals surface area (Å²) in [6.45, 7) is 2.04. The number of hydrogen-bond acceptors (Lipinski definition) is 5. The lowest BCUT2D eigenvalue weighted by molar-refractivity contribution is -0.115. The summed E-state index contributed by atoms with van der Waals surface area (Å²) >= 11 is 6.19. The van der Waals surface area contributed by atoms with Crippen LogP contribution in [0.5, 0.6) is 11.5 Å². The Morgan fingerprint density at radius 2 is 2.25 bits per heavy atom. The van der Waals surface area contributed by atoms with Gasteiger partial charge in [0.1, 0.15) is 4.32 Å². The lowest BCUT2D eigenvalue weighted by Gasteiger charge is -2.10. The summed E-state index contributed by atoms with van der Waals surface area (Å²) in [5.74, 6) is 0.383. The van der Waals surface area contributed by atoms with Gasteiger partial charge in [0, 0.05) is 0 Å². The van der Waals surface area contributed by atoms with E-state index in [4.69, 9.17) is 17.0 Å². The van der Waals surface area contributed by atoms with Gasteiger partial charge in [-0.1, -0.05) is 37.3 Å². The highest BCUT2D eigenvalue weighted by atomic mass is 32.2. The number of carbonyl (C=O) groups excluding carboxylic acids is 1. The maximum Gasteiger partial charge on any atom is 0.263 e. The van der Waals surface area contributed by atoms with Gasteiger partial charge in [0.05, 0.1) is 12.0 Å². The number of carbonyl (C=O) groups is 1. The quantitative estimate of drug-likeness (QED) is 0.661. The van der Waals surface area contributed by atoms with E-state index in [1.165, 1.54) is 18.9 Å². The lowest BCUT2D eigenvalue weighted by atomic mass is 10.0. The number of aromatic hydroxyl groups is 1. The number of aryl methyl sites for hydroxylation is 1. The number of ether oxygens (including phenoxy) is 1. The Morgan fingerprint density at radius 3 is 2.80 bits per heavy atom. The molecule has 0 spiro atoms. The topological polar surface area (TPSA) is 58.6 Å². The molecule has 0 radical (unpaired) electrons. The van der Waals surface area contributed by atoms with Gasteiger partial charge in [-0.2, -0.15) is 0 Å². The number of thiocarbonyl (C=S) groups is 1. The molecule has 1 amide bonds. The Morgan fingerprint density at radius 1 is 1.50 bits per heavy atom. The predicted octanol–water partition coefficient (Wildman–Crippen LogP) is 2.84. The van der Waals surface area contributed by atoms with Gasteiger partial charge in [0.25, 0.3) is 5.91 Å². The molecule has 1 saturated heterocycles. The highest BCUT2D eigenvalue weighted by Gasteiger charge is 2.22. The molecule has 1 aliphatic heterocycles. The molecule has 0 unspecified atom stereocenters. The Balaban J connectivity index is 2.41. The van der Waals surface area contributed by atoms with Gasteiger partial charge >= 0.3 is 0 Å². The molecular formula is C14H15NO3S2. The Kier molecular flexibility index (Phi) is 4.67. The smallest absolute Gasteiger partial charge is 0.263 e. The molecule has 1 aliphatic rings. The number of hydrogen-bond donors (Lipinski definition) is 2. The van der Waals surface area contributed by atoms with E-state index in [0.29, 0.717) is 15.0 Å². The molecule has 1 aromatic carbocycles. The van der Waals surface area contributed by atoms with Crippen molar-refractivity contribution in [2.24, 2.45) is 0 Å². The van der Waals surface area contributed by atoms with Crippen LogP contribution < -0.4 is 10.1 Å². The second-order valence-corrected chi connectivity index (χ2v) is 6.05. The van der Waals surface area contributed by atoms with E-state index < -0.39 is 0 Å². The molecule has 0 bridgehead atoms. The molecule has 6 heteroatoms. The van der Waals surface area contributed by atoms with Crippen LogP contribution in [0.1, 0.15) is 24.5 Å². The highest BCUT2D eigenvalue weighted by molar-refractivity contribution is 8.26. The van der Waals surface area contributed by atoms with Crippen molar-refractivity contribution in [1.29, 1.82) is 0 Å². The van der Waals surface area contributed by atoms with Gasteiger partial charge in [-0.25, -0.2) is 0 Å². The number of benzene rings is 1. The summed E-state index contributed by atoms with van der Waals surface area (Å²) in [5, 5.41) is 12.6. The monoisotopic (exact) mass is 309 g/mol. The first-order chi connectivity index (χ1) is 9.55. The average molecular weight is 309 g/mol. The zero-order chi connectivity index (χ0) is 14.7. The number of phenols is 1. The van der Waals surface area contributed by atoms with Crippen LogP contribution in [0.4, 0.5) is 0 Å². The number of thioether (sulfide) groups is 1. The first-order valence-corrected chi connectivity index (χ1v) is 7.42. The Labute approximate surface area is 127 Å². The van der Waals surface area contributed by atoms with Crippen molar-refractivity contribution >= 4 is 40.3 Å². The number of nitrogens with one attached hydrogen (secondary N) is 1. The van der Waals surface area contributed by atoms with Gasteiger partial charge in [-0.15, -0.1) is 0 Å². The summed E-state index contributed by atoms with van der Waals surface area (Å²) in [6.07, 6.45) is 3.41. The minimum atomic E-state index is -0.191. The Hall–Kier alpha value is -1.53. The molecule has 2 rings (SSSR count). The first kappa shape index (κ1) is 14.9. The zero-order valence-corrected chi connectivity index (χ0v) is 12.9. The molecule has 0 aromatic heterocycles. The van der Waals surface area contributed by atoms with Crippen molar-refractivity contribution in [3.05, 3.63) is 28.2 Å². The number of phenolic OH excluding ortho intramolecular Hbond substituents is 1. The van der Waals surface area contributed by atoms with Crippen molar-refractivity contribution in [1.82, 2.24) is 5.32 Å². The summed E-state index contributed by atoms with van der Waals surface area (Å²) in [7, 11) is 1.51. The van der Waals surface area contributed by atoms with E-state index in [2.05, 4.69) is 5.32 Å². The number of methoxy groups -OCH3 is 1. The normalized spacial score (nSPS) is 16.6. The maximum atomic E-state index is 11.7. The zero-order valence-electron chi connectivity index (χ0n) is 11.2. The summed E-state index contributed by atoms with van der Waals surface area (Å²) in [4.78, 5) is 12.2. The van der Waals surface area contributed by atoms with E-state index in [1.54, 1.807) is 12.1 Å². The van der Waals surface area contributed by atoms with E-state index in [9.17, 15) is 9.90 Å². The maximum absolute atomic E-state index is 11.7. The average Bonchev–Trinajstić information content (AvgIpc) is 2.71. The molecule has 1 fully saturated rings. The third-order valence-electron chi connectivity index (χ3n) is 2.86. The third kappa shape index (κ3) is 3.13. The summed E-state index contributed by atoms with van der Waals surface area (Å²) in [6, 6.07) is 3.57. The standard InChI is InChI=1S/C14H15NO3S2/c1-3-4-9-5-8(6-10(18-2)12(9)16)7-11-13(17)15-14(19)20-11/h5-7,16H,3-4H2,1-2H3,(H,15,17,19)/b11-7+. The van der Waals surface area contributed by atoms with E-state index in [1.807, 2.05) is 13.0 Å². The molecule has 1 heterocycles. The number of rotatable bonds is 4. The fourth-order valence-electron chi connectivity index (χ4n) is 1.96. The molecule has 20 heavy (non-hydrogen) atoms. The summed E-state index contributed by atoms with van der Waals surface area (Å²) < 4.78 is 5.63. The largest absolute Gasteiger partial charge is 0.504 e. The van der Waals surface area contributed by atoms with Gasteiger partial charge < -0.3 is 15.2 Å². The van der Waals surface area contributed by atoms with Crippen LogP contribution in [0.2, 0.25) is 0 Å². The SMILES string of the molecule is CCCc1cc(/C=C2/SC(=S)NC2=O)cc(OC)c1O. The highest BCUT2D eigenvalue weighted by Crippen LogP contribution is 2.34. The third-order valence-corrected chi connectivity index (χ3v) is 4.02. The summed E-state index contributed by atoms with van der Waals surface area (Å²) in [5.41, 5.74) is 1.62. The van der Waals surface area contributed by atoms with Gasteiger partial charge in [0.2, 0.25) is 0 Å². The van der Waals surface area contributed by atoms with Crippen LogP contribution in [0.25, 0.3) is 6.08 Å². The second-order valence-electron chi connectivity index (χ2n) is 4.33. The van der Waals surface area contributed by atoms with Gasteiger partial charge in [-0.3, -0.25) is 4.79 Å². The van der Waals surface area contributed by atoms with Crippen molar-refractivity contribution in [3.8, 4) is 11.5 Å². The van der Waals surface area contributed by atoms with Crippen LogP contribution >= 0.6 is 24.0 Å². The van der Waals surface area contributed by atoms with E-state index in [0.717, 1.165) is 24.0 Å². The second kappa shape index (κ2) is 6.28. The van der Waals surface area contributed by atoms with Crippen LogP contribution in [0.15, 0.2) is 17.0 Å². The van der Waals surface area contributed by atoms with Crippen molar-refractivity contribution in [3.63, 3.8) is 0 Å². The van der Waals surface area contributed by atoms with Crippen LogP contribution in [-0.4, -0.2) is 22.4 Å². The molecule has 0 aliphatic carbocycles. The molecular weight excluding hydrogens is 294 g/mol. The molecule has 0 atom stereocenters. The molecule has 2 N–H and O–H groups in total. The van der Waals surface area contributed by atoms with E-state index in [-0.39, 0.29) is 11.7 Å². The van der Waals surface area contributed by atoms with Crippen LogP contribution in [-0.2, 0) is 11.2 Å². The van der Waals surface area contributed by atoms with Crippen molar-refractivity contribution in [2.45, 2.75) is 19.8 Å². The predicted molar refractivity (Wildman–Crippen MR) is 85.0 cm³/mol. The van der Waals surface area contributed by atoms with E-state index >= 15 is 0 Å².